The fourth-order valence-corrected chi connectivity index (χ4v) is 4.24. The van der Waals surface area contributed by atoms with Crippen LogP contribution in [-0.2, 0) is 16.0 Å². The zero-order valence-corrected chi connectivity index (χ0v) is 18.8. The van der Waals surface area contributed by atoms with Crippen molar-refractivity contribution in [2.24, 2.45) is 0 Å². The van der Waals surface area contributed by atoms with Crippen LogP contribution in [-0.4, -0.2) is 42.3 Å². The highest BCUT2D eigenvalue weighted by molar-refractivity contribution is 5.97. The van der Waals surface area contributed by atoms with E-state index < -0.39 is 24.0 Å². The number of aliphatic carboxylic acids is 1. The van der Waals surface area contributed by atoms with Gasteiger partial charge in [-0.1, -0.05) is 66.7 Å². The molecule has 0 unspecified atom stereocenters. The molecule has 3 aromatic carbocycles. The van der Waals surface area contributed by atoms with Crippen molar-refractivity contribution in [2.75, 3.05) is 13.2 Å². The summed E-state index contributed by atoms with van der Waals surface area (Å²) >= 11 is 0. The Labute approximate surface area is 197 Å². The monoisotopic (exact) mass is 458 g/mol. The molecule has 1 atom stereocenters. The summed E-state index contributed by atoms with van der Waals surface area (Å²) in [6.45, 7) is 1.91. The Hall–Kier alpha value is -4.13. The molecule has 1 aliphatic rings. The molecule has 0 saturated heterocycles. The molecule has 3 N–H and O–H groups in total. The van der Waals surface area contributed by atoms with Crippen molar-refractivity contribution < 1.29 is 24.2 Å². The Bertz CT molecular complexity index is 1180. The van der Waals surface area contributed by atoms with Crippen LogP contribution in [0.5, 0.6) is 0 Å². The normalized spacial score (nSPS) is 12.9. The van der Waals surface area contributed by atoms with Gasteiger partial charge in [0.05, 0.1) is 0 Å². The summed E-state index contributed by atoms with van der Waals surface area (Å²) in [5.74, 6) is -1.59. The molecule has 0 radical (unpaired) electrons. The number of alkyl carbamates (subject to hydrolysis) is 1. The Morgan fingerprint density at radius 1 is 0.912 bits per heavy atom. The van der Waals surface area contributed by atoms with Crippen molar-refractivity contribution in [3.63, 3.8) is 0 Å². The first-order valence-electron chi connectivity index (χ1n) is 11.2. The average Bonchev–Trinajstić information content (AvgIpc) is 3.16. The molecule has 4 rings (SSSR count). The molecule has 1 aliphatic carbocycles. The number of hydrogen-bond acceptors (Lipinski definition) is 4. The summed E-state index contributed by atoms with van der Waals surface area (Å²) in [6.07, 6.45) is -0.127. The summed E-state index contributed by atoms with van der Waals surface area (Å²) in [5.41, 5.74) is 5.71. The predicted molar refractivity (Wildman–Crippen MR) is 128 cm³/mol. The maximum absolute atomic E-state index is 12.4. The van der Waals surface area contributed by atoms with E-state index in [9.17, 15) is 14.4 Å². The van der Waals surface area contributed by atoms with Crippen molar-refractivity contribution in [1.82, 2.24) is 10.6 Å². The van der Waals surface area contributed by atoms with Gasteiger partial charge in [-0.15, -0.1) is 0 Å². The number of carbonyl (C=O) groups is 3. The maximum atomic E-state index is 12.4. The van der Waals surface area contributed by atoms with Crippen molar-refractivity contribution in [1.29, 1.82) is 0 Å². The number of nitrogens with one attached hydrogen (secondary N) is 2. The van der Waals surface area contributed by atoms with Crippen LogP contribution in [0.3, 0.4) is 0 Å². The standard InChI is InChI=1S/C27H26N2O5/c1-17(26(31)32)29-25(30)19-9-3-2-8-18(19)14-15-28-27(33)34-16-24-22-12-6-4-10-20(22)21-11-5-7-13-23(21)24/h2-13,17,24H,14-16H2,1H3,(H,28,33)(H,29,30)(H,31,32)/t17-/m0/s1. The van der Waals surface area contributed by atoms with Crippen LogP contribution >= 0.6 is 0 Å². The molecule has 0 bridgehead atoms. The van der Waals surface area contributed by atoms with Gasteiger partial charge in [0.25, 0.3) is 5.91 Å². The first-order chi connectivity index (χ1) is 16.5. The third-order valence-electron chi connectivity index (χ3n) is 5.99. The largest absolute Gasteiger partial charge is 0.480 e. The number of hydrogen-bond donors (Lipinski definition) is 3. The highest BCUT2D eigenvalue weighted by Gasteiger charge is 2.29. The number of ether oxygens (including phenoxy) is 1. The Morgan fingerprint density at radius 3 is 2.15 bits per heavy atom. The second-order valence-corrected chi connectivity index (χ2v) is 8.19. The Morgan fingerprint density at radius 2 is 1.50 bits per heavy atom. The fraction of sp³-hybridized carbons (Fsp3) is 0.222. The third-order valence-corrected chi connectivity index (χ3v) is 5.99. The van der Waals surface area contributed by atoms with Crippen LogP contribution in [0.2, 0.25) is 0 Å². The van der Waals surface area contributed by atoms with Crippen LogP contribution in [0.4, 0.5) is 4.79 Å². The lowest BCUT2D eigenvalue weighted by atomic mass is 9.98. The van der Waals surface area contributed by atoms with Crippen LogP contribution in [0.25, 0.3) is 11.1 Å². The summed E-state index contributed by atoms with van der Waals surface area (Å²) in [6, 6.07) is 22.2. The molecule has 0 aromatic heterocycles. The molecule has 174 valence electrons. The van der Waals surface area contributed by atoms with E-state index in [1.165, 1.54) is 18.1 Å². The van der Waals surface area contributed by atoms with Gasteiger partial charge in [0.2, 0.25) is 0 Å². The lowest BCUT2D eigenvalue weighted by molar-refractivity contribution is -0.138. The van der Waals surface area contributed by atoms with Crippen LogP contribution in [0, 0.1) is 0 Å². The van der Waals surface area contributed by atoms with Crippen molar-refractivity contribution in [3.05, 3.63) is 95.1 Å². The van der Waals surface area contributed by atoms with E-state index in [1.807, 2.05) is 24.3 Å². The van der Waals surface area contributed by atoms with E-state index in [2.05, 4.69) is 34.9 Å². The summed E-state index contributed by atoms with van der Waals surface area (Å²) in [4.78, 5) is 35.8. The van der Waals surface area contributed by atoms with Gasteiger partial charge in [-0.2, -0.15) is 0 Å². The molecular weight excluding hydrogens is 432 g/mol. The lowest BCUT2D eigenvalue weighted by Crippen LogP contribution is -2.38. The number of amides is 2. The number of carboxylic acids is 1. The van der Waals surface area contributed by atoms with Gasteiger partial charge < -0.3 is 20.5 Å². The molecule has 0 spiro atoms. The molecular formula is C27H26N2O5. The van der Waals surface area contributed by atoms with E-state index in [0.29, 0.717) is 17.5 Å². The molecule has 2 amide bonds. The van der Waals surface area contributed by atoms with E-state index in [-0.39, 0.29) is 19.1 Å². The summed E-state index contributed by atoms with van der Waals surface area (Å²) < 4.78 is 5.54. The SMILES string of the molecule is C[C@H](NC(=O)c1ccccc1CCNC(=O)OCC1c2ccccc2-c2ccccc21)C(=O)O. The first-order valence-corrected chi connectivity index (χ1v) is 11.2. The summed E-state index contributed by atoms with van der Waals surface area (Å²) in [5, 5.41) is 14.2. The molecule has 34 heavy (non-hydrogen) atoms. The molecule has 0 saturated carbocycles. The van der Waals surface area contributed by atoms with Gasteiger partial charge in [0.1, 0.15) is 12.6 Å². The average molecular weight is 459 g/mol. The van der Waals surface area contributed by atoms with E-state index in [4.69, 9.17) is 9.84 Å². The van der Waals surface area contributed by atoms with Crippen molar-refractivity contribution in [2.45, 2.75) is 25.3 Å². The minimum atomic E-state index is -1.11. The number of fused-ring (bicyclic) bond motifs is 3. The topological polar surface area (TPSA) is 105 Å². The zero-order valence-electron chi connectivity index (χ0n) is 18.8. The highest BCUT2D eigenvalue weighted by Crippen LogP contribution is 2.44. The van der Waals surface area contributed by atoms with Crippen molar-refractivity contribution >= 4 is 18.0 Å². The van der Waals surface area contributed by atoms with Gasteiger partial charge in [0, 0.05) is 18.0 Å². The predicted octanol–water partition coefficient (Wildman–Crippen LogP) is 3.97. The molecule has 0 heterocycles. The highest BCUT2D eigenvalue weighted by atomic mass is 16.5. The molecule has 0 aliphatic heterocycles. The number of benzene rings is 3. The maximum Gasteiger partial charge on any atom is 0.407 e. The van der Waals surface area contributed by atoms with Gasteiger partial charge >= 0.3 is 12.1 Å². The molecule has 0 fully saturated rings. The lowest BCUT2D eigenvalue weighted by Gasteiger charge is -2.15. The molecule has 3 aromatic rings. The van der Waals surface area contributed by atoms with Crippen LogP contribution in [0.15, 0.2) is 72.8 Å². The van der Waals surface area contributed by atoms with Gasteiger partial charge in [-0.25, -0.2) is 4.79 Å². The number of rotatable bonds is 8. The van der Waals surface area contributed by atoms with Crippen molar-refractivity contribution in [3.8, 4) is 11.1 Å². The molecule has 7 heteroatoms. The Balaban J connectivity index is 1.32. The van der Waals surface area contributed by atoms with E-state index >= 15 is 0 Å². The minimum absolute atomic E-state index is 0.0150. The first kappa shape index (κ1) is 23.0. The van der Waals surface area contributed by atoms with Crippen LogP contribution in [0.1, 0.15) is 39.9 Å². The summed E-state index contributed by atoms with van der Waals surface area (Å²) in [7, 11) is 0. The second kappa shape index (κ2) is 10.2. The van der Waals surface area contributed by atoms with Crippen LogP contribution < -0.4 is 10.6 Å². The second-order valence-electron chi connectivity index (χ2n) is 8.19. The molecule has 7 nitrogen and oxygen atoms in total. The Kier molecular flexibility index (Phi) is 6.92. The number of carboxylic acid groups (broad SMARTS) is 1. The zero-order chi connectivity index (χ0) is 24.1. The quantitative estimate of drug-likeness (QED) is 0.474. The van der Waals surface area contributed by atoms with Gasteiger partial charge in [-0.05, 0) is 47.2 Å². The van der Waals surface area contributed by atoms with Gasteiger partial charge in [0.15, 0.2) is 0 Å². The smallest absolute Gasteiger partial charge is 0.407 e. The van der Waals surface area contributed by atoms with Gasteiger partial charge in [-0.3, -0.25) is 9.59 Å². The van der Waals surface area contributed by atoms with E-state index in [1.54, 1.807) is 24.3 Å². The fourth-order valence-electron chi connectivity index (χ4n) is 4.24. The van der Waals surface area contributed by atoms with E-state index in [0.717, 1.165) is 11.1 Å². The minimum Gasteiger partial charge on any atom is -0.480 e. The number of carbonyl (C=O) groups excluding carboxylic acids is 2. The third kappa shape index (κ3) is 4.93.